The molecule has 3 heteroatoms. The Labute approximate surface area is 64.7 Å². The molecule has 0 radical (unpaired) electrons. The molecule has 0 saturated heterocycles. The van der Waals surface area contributed by atoms with Crippen LogP contribution < -0.4 is 0 Å². The Morgan fingerprint density at radius 2 is 2.36 bits per heavy atom. The van der Waals surface area contributed by atoms with E-state index in [4.69, 9.17) is 0 Å². The van der Waals surface area contributed by atoms with Crippen LogP contribution in [0.1, 0.15) is 6.92 Å². The number of hydrogen-bond donors (Lipinski definition) is 0. The van der Waals surface area contributed by atoms with Gasteiger partial charge in [-0.25, -0.2) is 0 Å². The Bertz CT molecular complexity index is 364. The Balaban J connectivity index is 2.76. The number of rotatable bonds is 1. The van der Waals surface area contributed by atoms with E-state index in [1.807, 2.05) is 18.3 Å². The maximum Gasteiger partial charge on any atom is 0.111 e. The Hall–Kier alpha value is -1.38. The standard InChI is InChI=1S/C8H9N3/c1-2-11-6-4-7-8(11)3-5-9-10-7/h3-6H,2H2,1H3. The zero-order valence-electron chi connectivity index (χ0n) is 6.36. The van der Waals surface area contributed by atoms with Crippen LogP contribution in [0.25, 0.3) is 11.0 Å². The van der Waals surface area contributed by atoms with Gasteiger partial charge in [0.15, 0.2) is 0 Å². The number of nitrogens with zero attached hydrogens (tertiary/aromatic N) is 3. The molecule has 2 rings (SSSR count). The smallest absolute Gasteiger partial charge is 0.111 e. The zero-order chi connectivity index (χ0) is 7.68. The van der Waals surface area contributed by atoms with Gasteiger partial charge in [-0.1, -0.05) is 0 Å². The van der Waals surface area contributed by atoms with E-state index in [0.717, 1.165) is 17.6 Å². The summed E-state index contributed by atoms with van der Waals surface area (Å²) < 4.78 is 2.14. The third-order valence-corrected chi connectivity index (χ3v) is 1.79. The molecule has 56 valence electrons. The lowest BCUT2D eigenvalue weighted by Gasteiger charge is -1.96. The van der Waals surface area contributed by atoms with Gasteiger partial charge in [0, 0.05) is 12.7 Å². The average Bonchev–Trinajstić information content (AvgIpc) is 2.47. The minimum absolute atomic E-state index is 0.967. The van der Waals surface area contributed by atoms with Crippen LogP contribution in [-0.4, -0.2) is 14.8 Å². The van der Waals surface area contributed by atoms with Crippen molar-refractivity contribution in [2.45, 2.75) is 13.5 Å². The van der Waals surface area contributed by atoms with Gasteiger partial charge < -0.3 is 4.57 Å². The summed E-state index contributed by atoms with van der Waals surface area (Å²) in [6.45, 7) is 3.09. The van der Waals surface area contributed by atoms with E-state index >= 15 is 0 Å². The number of aromatic nitrogens is 3. The largest absolute Gasteiger partial charge is 0.346 e. The van der Waals surface area contributed by atoms with Gasteiger partial charge in [-0.3, -0.25) is 0 Å². The molecule has 0 bridgehead atoms. The van der Waals surface area contributed by atoms with Crippen molar-refractivity contribution in [3.63, 3.8) is 0 Å². The molecule has 0 aliphatic heterocycles. The molecule has 11 heavy (non-hydrogen) atoms. The summed E-state index contributed by atoms with van der Waals surface area (Å²) in [4.78, 5) is 0. The van der Waals surface area contributed by atoms with Crippen LogP contribution in [0.5, 0.6) is 0 Å². The Morgan fingerprint density at radius 1 is 1.45 bits per heavy atom. The highest BCUT2D eigenvalue weighted by Crippen LogP contribution is 2.10. The molecule has 2 aromatic heterocycles. The molecule has 0 unspecified atom stereocenters. The summed E-state index contributed by atoms with van der Waals surface area (Å²) in [6, 6.07) is 3.96. The van der Waals surface area contributed by atoms with Gasteiger partial charge in [-0.05, 0) is 19.1 Å². The fourth-order valence-electron chi connectivity index (χ4n) is 1.21. The number of fused-ring (bicyclic) bond motifs is 1. The van der Waals surface area contributed by atoms with Crippen LogP contribution in [0.2, 0.25) is 0 Å². The van der Waals surface area contributed by atoms with E-state index in [0.29, 0.717) is 0 Å². The summed E-state index contributed by atoms with van der Waals surface area (Å²) in [7, 11) is 0. The monoisotopic (exact) mass is 147 g/mol. The van der Waals surface area contributed by atoms with E-state index in [2.05, 4.69) is 21.7 Å². The summed E-state index contributed by atoms with van der Waals surface area (Å²) in [5.41, 5.74) is 2.12. The first kappa shape index (κ1) is 6.34. The molecule has 0 aromatic carbocycles. The van der Waals surface area contributed by atoms with Crippen molar-refractivity contribution in [3.05, 3.63) is 24.5 Å². The molecule has 0 amide bonds. The van der Waals surface area contributed by atoms with E-state index in [1.165, 1.54) is 0 Å². The molecule has 0 saturated carbocycles. The molecular formula is C8H9N3. The van der Waals surface area contributed by atoms with Crippen molar-refractivity contribution < 1.29 is 0 Å². The fraction of sp³-hybridized carbons (Fsp3) is 0.250. The van der Waals surface area contributed by atoms with Crippen molar-refractivity contribution in [1.29, 1.82) is 0 Å². The second-order valence-electron chi connectivity index (χ2n) is 2.40. The highest BCUT2D eigenvalue weighted by Gasteiger charge is 1.97. The van der Waals surface area contributed by atoms with Crippen LogP contribution in [-0.2, 0) is 6.54 Å². The van der Waals surface area contributed by atoms with Gasteiger partial charge in [0.25, 0.3) is 0 Å². The van der Waals surface area contributed by atoms with Crippen molar-refractivity contribution in [3.8, 4) is 0 Å². The van der Waals surface area contributed by atoms with Crippen LogP contribution in [0.4, 0.5) is 0 Å². The molecule has 0 fully saturated rings. The quantitative estimate of drug-likeness (QED) is 0.611. The highest BCUT2D eigenvalue weighted by molar-refractivity contribution is 5.74. The van der Waals surface area contributed by atoms with Gasteiger partial charge in [0.05, 0.1) is 11.7 Å². The van der Waals surface area contributed by atoms with Crippen LogP contribution in [0.15, 0.2) is 24.5 Å². The second-order valence-corrected chi connectivity index (χ2v) is 2.40. The minimum atomic E-state index is 0.967. The molecule has 3 nitrogen and oxygen atoms in total. The van der Waals surface area contributed by atoms with Crippen molar-refractivity contribution >= 4 is 11.0 Å². The van der Waals surface area contributed by atoms with Crippen molar-refractivity contribution in [2.75, 3.05) is 0 Å². The SMILES string of the molecule is CCn1ccc2nnccc21. The molecule has 0 aliphatic rings. The van der Waals surface area contributed by atoms with Crippen molar-refractivity contribution in [2.24, 2.45) is 0 Å². The molecule has 2 aromatic rings. The zero-order valence-corrected chi connectivity index (χ0v) is 6.36. The predicted molar refractivity (Wildman–Crippen MR) is 43.2 cm³/mol. The molecule has 0 atom stereocenters. The first-order chi connectivity index (χ1) is 5.42. The van der Waals surface area contributed by atoms with Gasteiger partial charge in [-0.15, -0.1) is 5.10 Å². The maximum atomic E-state index is 3.98. The summed E-state index contributed by atoms with van der Waals surface area (Å²) in [5, 5.41) is 7.78. The molecule has 0 spiro atoms. The third kappa shape index (κ3) is 0.888. The Kier molecular flexibility index (Phi) is 1.35. The third-order valence-electron chi connectivity index (χ3n) is 1.79. The summed E-state index contributed by atoms with van der Waals surface area (Å²) in [6.07, 6.45) is 3.74. The van der Waals surface area contributed by atoms with E-state index < -0.39 is 0 Å². The minimum Gasteiger partial charge on any atom is -0.346 e. The molecule has 2 heterocycles. The second kappa shape index (κ2) is 2.34. The topological polar surface area (TPSA) is 30.7 Å². The first-order valence-corrected chi connectivity index (χ1v) is 3.68. The predicted octanol–water partition coefficient (Wildman–Crippen LogP) is 1.45. The van der Waals surface area contributed by atoms with E-state index in [-0.39, 0.29) is 0 Å². The lowest BCUT2D eigenvalue weighted by atomic mass is 10.4. The summed E-state index contributed by atoms with van der Waals surface area (Å²) in [5.74, 6) is 0. The Morgan fingerprint density at radius 3 is 3.18 bits per heavy atom. The van der Waals surface area contributed by atoms with Crippen LogP contribution in [0, 0.1) is 0 Å². The lowest BCUT2D eigenvalue weighted by Crippen LogP contribution is -1.90. The van der Waals surface area contributed by atoms with E-state index in [1.54, 1.807) is 6.20 Å². The normalized spacial score (nSPS) is 10.6. The van der Waals surface area contributed by atoms with Crippen LogP contribution in [0.3, 0.4) is 0 Å². The van der Waals surface area contributed by atoms with Gasteiger partial charge in [-0.2, -0.15) is 5.10 Å². The van der Waals surface area contributed by atoms with Gasteiger partial charge in [0.1, 0.15) is 5.52 Å². The molecule has 0 N–H and O–H groups in total. The summed E-state index contributed by atoms with van der Waals surface area (Å²) >= 11 is 0. The molecule has 0 aliphatic carbocycles. The fourth-order valence-corrected chi connectivity index (χ4v) is 1.21. The first-order valence-electron chi connectivity index (χ1n) is 3.68. The van der Waals surface area contributed by atoms with Gasteiger partial charge >= 0.3 is 0 Å². The maximum absolute atomic E-state index is 3.98. The molecular weight excluding hydrogens is 138 g/mol. The number of aryl methyl sites for hydroxylation is 1. The van der Waals surface area contributed by atoms with Crippen molar-refractivity contribution in [1.82, 2.24) is 14.8 Å². The lowest BCUT2D eigenvalue weighted by molar-refractivity contribution is 0.796. The van der Waals surface area contributed by atoms with Gasteiger partial charge in [0.2, 0.25) is 0 Å². The van der Waals surface area contributed by atoms with E-state index in [9.17, 15) is 0 Å². The highest BCUT2D eigenvalue weighted by atomic mass is 15.1. The number of hydrogen-bond acceptors (Lipinski definition) is 2. The average molecular weight is 147 g/mol. The van der Waals surface area contributed by atoms with Crippen LogP contribution >= 0.6 is 0 Å².